The van der Waals surface area contributed by atoms with E-state index in [4.69, 9.17) is 0 Å². The number of fused-ring (bicyclic) bond motifs is 1. The van der Waals surface area contributed by atoms with Crippen molar-refractivity contribution in [2.24, 2.45) is 0 Å². The van der Waals surface area contributed by atoms with Gasteiger partial charge in [0.05, 0.1) is 5.56 Å². The molecule has 0 radical (unpaired) electrons. The van der Waals surface area contributed by atoms with Crippen molar-refractivity contribution in [1.29, 1.82) is 0 Å². The summed E-state index contributed by atoms with van der Waals surface area (Å²) in [5.74, 6) is 0.660. The third kappa shape index (κ3) is 2.77. The number of carbonyl (C=O) groups excluding carboxylic acids is 1. The second-order valence-electron chi connectivity index (χ2n) is 6.19. The van der Waals surface area contributed by atoms with Gasteiger partial charge >= 0.3 is 0 Å². The fourth-order valence-electron chi connectivity index (χ4n) is 3.32. The molecule has 0 aromatic carbocycles. The second-order valence-corrected chi connectivity index (χ2v) is 6.19. The van der Waals surface area contributed by atoms with Crippen LogP contribution in [0.1, 0.15) is 28.8 Å². The highest BCUT2D eigenvalue weighted by atomic mass is 16.2. The Morgan fingerprint density at radius 1 is 1.09 bits per heavy atom. The highest BCUT2D eigenvalue weighted by Gasteiger charge is 2.40. The van der Waals surface area contributed by atoms with E-state index in [0.717, 1.165) is 32.5 Å². The first-order valence-electron chi connectivity index (χ1n) is 7.91. The van der Waals surface area contributed by atoms with Crippen LogP contribution in [0.4, 0.5) is 5.82 Å². The van der Waals surface area contributed by atoms with Crippen molar-refractivity contribution in [1.82, 2.24) is 20.2 Å². The zero-order chi connectivity index (χ0) is 15.7. The Morgan fingerprint density at radius 2 is 1.87 bits per heavy atom. The number of rotatable bonds is 2. The minimum atomic E-state index is -0.368. The van der Waals surface area contributed by atoms with E-state index in [9.17, 15) is 4.79 Å². The molecule has 0 atom stereocenters. The molecule has 2 aliphatic rings. The van der Waals surface area contributed by atoms with E-state index >= 15 is 0 Å². The van der Waals surface area contributed by atoms with Crippen molar-refractivity contribution in [3.8, 4) is 0 Å². The first-order valence-corrected chi connectivity index (χ1v) is 7.91. The summed E-state index contributed by atoms with van der Waals surface area (Å²) in [5, 5.41) is 6.59. The van der Waals surface area contributed by atoms with Crippen LogP contribution in [0, 0.1) is 0 Å². The topological polar surface area (TPSA) is 70.2 Å². The smallest absolute Gasteiger partial charge is 0.256 e. The summed E-state index contributed by atoms with van der Waals surface area (Å²) in [6, 6.07) is 7.68. The van der Waals surface area contributed by atoms with Crippen molar-refractivity contribution in [2.75, 3.05) is 18.4 Å². The van der Waals surface area contributed by atoms with E-state index in [1.807, 2.05) is 24.5 Å². The number of hydrogen-bond acceptors (Lipinski definition) is 5. The Hall–Kier alpha value is -2.47. The van der Waals surface area contributed by atoms with Crippen LogP contribution in [0.3, 0.4) is 0 Å². The van der Waals surface area contributed by atoms with Gasteiger partial charge in [-0.15, -0.1) is 0 Å². The SMILES string of the molecule is O=C1NC2(CCN(Cc3ccncc3)CC2)Nc2ncccc21. The minimum Gasteiger partial charge on any atom is -0.347 e. The summed E-state index contributed by atoms with van der Waals surface area (Å²) in [5.41, 5.74) is 1.52. The first-order chi connectivity index (χ1) is 11.2. The summed E-state index contributed by atoms with van der Waals surface area (Å²) < 4.78 is 0. The minimum absolute atomic E-state index is 0.0329. The van der Waals surface area contributed by atoms with Gasteiger partial charge in [-0.1, -0.05) is 0 Å². The third-order valence-corrected chi connectivity index (χ3v) is 4.63. The highest BCUT2D eigenvalue weighted by Crippen LogP contribution is 2.30. The van der Waals surface area contributed by atoms with E-state index in [2.05, 4.69) is 25.5 Å². The number of carbonyl (C=O) groups is 1. The lowest BCUT2D eigenvalue weighted by atomic mass is 9.93. The molecule has 0 unspecified atom stereocenters. The largest absolute Gasteiger partial charge is 0.347 e. The van der Waals surface area contributed by atoms with Crippen LogP contribution in [-0.2, 0) is 6.54 Å². The van der Waals surface area contributed by atoms with Gasteiger partial charge < -0.3 is 10.6 Å². The van der Waals surface area contributed by atoms with Gasteiger partial charge in [0.2, 0.25) is 0 Å². The number of anilines is 1. The predicted octanol–water partition coefficient (Wildman–Crippen LogP) is 1.62. The standard InChI is InChI=1S/C17H19N5O/c23-16-14-2-1-7-19-15(14)20-17(21-16)5-10-22(11-6-17)12-13-3-8-18-9-4-13/h1-4,7-9H,5-6,10-12H2,(H,19,20)(H,21,23). The Balaban J connectivity index is 1.44. The van der Waals surface area contributed by atoms with Crippen molar-refractivity contribution in [3.63, 3.8) is 0 Å². The van der Waals surface area contributed by atoms with Gasteiger partial charge in [0.25, 0.3) is 5.91 Å². The number of aromatic nitrogens is 2. The number of hydrogen-bond donors (Lipinski definition) is 2. The molecule has 2 aliphatic heterocycles. The Kier molecular flexibility index (Phi) is 3.46. The molecule has 2 aromatic heterocycles. The Labute approximate surface area is 134 Å². The lowest BCUT2D eigenvalue weighted by molar-refractivity contribution is 0.0821. The number of amides is 1. The molecule has 0 saturated carbocycles. The lowest BCUT2D eigenvalue weighted by Crippen LogP contribution is -2.62. The number of pyridine rings is 2. The molecule has 23 heavy (non-hydrogen) atoms. The van der Waals surface area contributed by atoms with Crippen LogP contribution in [0.2, 0.25) is 0 Å². The van der Waals surface area contributed by atoms with Crippen LogP contribution in [-0.4, -0.2) is 39.5 Å². The predicted molar refractivity (Wildman–Crippen MR) is 86.8 cm³/mol. The molecule has 118 valence electrons. The molecule has 4 heterocycles. The number of nitrogens with one attached hydrogen (secondary N) is 2. The van der Waals surface area contributed by atoms with Crippen LogP contribution < -0.4 is 10.6 Å². The molecule has 0 aliphatic carbocycles. The van der Waals surface area contributed by atoms with Crippen LogP contribution in [0.15, 0.2) is 42.9 Å². The maximum atomic E-state index is 12.3. The van der Waals surface area contributed by atoms with Gasteiger partial charge in [-0.05, 0) is 29.8 Å². The Morgan fingerprint density at radius 3 is 2.65 bits per heavy atom. The van der Waals surface area contributed by atoms with E-state index in [1.165, 1.54) is 5.56 Å². The molecule has 6 nitrogen and oxygen atoms in total. The fourth-order valence-corrected chi connectivity index (χ4v) is 3.32. The first kappa shape index (κ1) is 14.1. The van der Waals surface area contributed by atoms with Gasteiger partial charge in [0.1, 0.15) is 11.5 Å². The zero-order valence-electron chi connectivity index (χ0n) is 12.8. The number of piperidine rings is 1. The summed E-state index contributed by atoms with van der Waals surface area (Å²) in [6.07, 6.45) is 7.09. The van der Waals surface area contributed by atoms with Crippen molar-refractivity contribution < 1.29 is 4.79 Å². The molecule has 1 fully saturated rings. The summed E-state index contributed by atoms with van der Waals surface area (Å²) in [4.78, 5) is 23.1. The van der Waals surface area contributed by atoms with Crippen molar-refractivity contribution >= 4 is 11.7 Å². The molecular weight excluding hydrogens is 290 g/mol. The average Bonchev–Trinajstić information content (AvgIpc) is 2.58. The molecular formula is C17H19N5O. The molecule has 1 saturated heterocycles. The molecule has 4 rings (SSSR count). The monoisotopic (exact) mass is 309 g/mol. The van der Waals surface area contributed by atoms with Gasteiger partial charge in [-0.3, -0.25) is 14.7 Å². The summed E-state index contributed by atoms with van der Waals surface area (Å²) in [6.45, 7) is 2.77. The molecule has 2 N–H and O–H groups in total. The van der Waals surface area contributed by atoms with Crippen LogP contribution >= 0.6 is 0 Å². The highest BCUT2D eigenvalue weighted by molar-refractivity contribution is 6.01. The number of likely N-dealkylation sites (tertiary alicyclic amines) is 1. The Bertz CT molecular complexity index is 710. The normalized spacial score (nSPS) is 19.7. The van der Waals surface area contributed by atoms with Crippen molar-refractivity contribution in [2.45, 2.75) is 25.0 Å². The quantitative estimate of drug-likeness (QED) is 0.882. The molecule has 1 spiro atoms. The van der Waals surface area contributed by atoms with Crippen LogP contribution in [0.25, 0.3) is 0 Å². The second kappa shape index (κ2) is 5.62. The van der Waals surface area contributed by atoms with E-state index in [0.29, 0.717) is 11.4 Å². The fraction of sp³-hybridized carbons (Fsp3) is 0.353. The zero-order valence-corrected chi connectivity index (χ0v) is 12.8. The molecule has 0 bridgehead atoms. The van der Waals surface area contributed by atoms with E-state index < -0.39 is 0 Å². The van der Waals surface area contributed by atoms with Gasteiger partial charge in [0.15, 0.2) is 0 Å². The maximum absolute atomic E-state index is 12.3. The van der Waals surface area contributed by atoms with Crippen molar-refractivity contribution in [3.05, 3.63) is 54.0 Å². The maximum Gasteiger partial charge on any atom is 0.256 e. The van der Waals surface area contributed by atoms with E-state index in [-0.39, 0.29) is 11.6 Å². The van der Waals surface area contributed by atoms with Gasteiger partial charge in [-0.25, -0.2) is 4.98 Å². The van der Waals surface area contributed by atoms with Gasteiger partial charge in [-0.2, -0.15) is 0 Å². The molecule has 6 heteroatoms. The van der Waals surface area contributed by atoms with E-state index in [1.54, 1.807) is 18.3 Å². The third-order valence-electron chi connectivity index (χ3n) is 4.63. The average molecular weight is 309 g/mol. The number of nitrogens with zero attached hydrogens (tertiary/aromatic N) is 3. The summed E-state index contributed by atoms with van der Waals surface area (Å²) >= 11 is 0. The summed E-state index contributed by atoms with van der Waals surface area (Å²) in [7, 11) is 0. The molecule has 2 aromatic rings. The van der Waals surface area contributed by atoms with Crippen LogP contribution in [0.5, 0.6) is 0 Å². The lowest BCUT2D eigenvalue weighted by Gasteiger charge is -2.45. The van der Waals surface area contributed by atoms with Gasteiger partial charge in [0, 0.05) is 51.1 Å². The molecule has 1 amide bonds.